The fourth-order valence-corrected chi connectivity index (χ4v) is 0.802. The van der Waals surface area contributed by atoms with Crippen LogP contribution in [0.15, 0.2) is 4.52 Å². The molecule has 0 aliphatic rings. The van der Waals surface area contributed by atoms with E-state index in [9.17, 15) is 13.6 Å². The van der Waals surface area contributed by atoms with Crippen LogP contribution < -0.4 is 0 Å². The molecular weight excluding hydrogens is 210 g/mol. The van der Waals surface area contributed by atoms with E-state index >= 15 is 0 Å². The Bertz CT molecular complexity index is 351. The number of hydrogen-bond donors (Lipinski definition) is 0. The molecule has 0 N–H and O–H groups in total. The fraction of sp³-hybridized carbons (Fsp3) is 0.625. The lowest BCUT2D eigenvalue weighted by Gasteiger charge is -2.06. The lowest BCUT2D eigenvalue weighted by molar-refractivity contribution is -0.0391. The first-order valence-electron chi connectivity index (χ1n) is 4.40. The zero-order chi connectivity index (χ0) is 11.5. The van der Waals surface area contributed by atoms with E-state index in [-0.39, 0.29) is 6.61 Å². The second-order valence-electron chi connectivity index (χ2n) is 2.70. The zero-order valence-corrected chi connectivity index (χ0v) is 8.29. The maximum Gasteiger partial charge on any atom is 0.379 e. The SMILES string of the molecule is CCOC(=O)c1noc(C(F)(F)CC)n1. The first-order chi connectivity index (χ1) is 7.01. The lowest BCUT2D eigenvalue weighted by Crippen LogP contribution is -2.13. The van der Waals surface area contributed by atoms with Crippen LogP contribution in [0.5, 0.6) is 0 Å². The molecule has 0 saturated carbocycles. The van der Waals surface area contributed by atoms with Gasteiger partial charge in [0, 0.05) is 6.42 Å². The number of nitrogens with zero attached hydrogens (tertiary/aromatic N) is 2. The van der Waals surface area contributed by atoms with E-state index in [1.54, 1.807) is 6.92 Å². The van der Waals surface area contributed by atoms with E-state index in [0.29, 0.717) is 0 Å². The summed E-state index contributed by atoms with van der Waals surface area (Å²) in [6, 6.07) is 0. The van der Waals surface area contributed by atoms with E-state index in [1.165, 1.54) is 6.92 Å². The number of esters is 1. The van der Waals surface area contributed by atoms with Crippen LogP contribution in [-0.2, 0) is 10.7 Å². The van der Waals surface area contributed by atoms with Crippen LogP contribution in [0.3, 0.4) is 0 Å². The summed E-state index contributed by atoms with van der Waals surface area (Å²) in [5, 5.41) is 3.11. The molecule has 0 bridgehead atoms. The third kappa shape index (κ3) is 2.48. The largest absolute Gasteiger partial charge is 0.460 e. The van der Waals surface area contributed by atoms with Gasteiger partial charge in [0.25, 0.3) is 11.7 Å². The molecule has 1 aromatic rings. The maximum absolute atomic E-state index is 13.0. The van der Waals surface area contributed by atoms with Gasteiger partial charge in [-0.15, -0.1) is 0 Å². The van der Waals surface area contributed by atoms with Crippen molar-refractivity contribution >= 4 is 5.97 Å². The van der Waals surface area contributed by atoms with Gasteiger partial charge in [0.2, 0.25) is 0 Å². The monoisotopic (exact) mass is 220 g/mol. The highest BCUT2D eigenvalue weighted by molar-refractivity contribution is 5.84. The molecular formula is C8H10F2N2O3. The van der Waals surface area contributed by atoms with Crippen molar-refractivity contribution in [1.82, 2.24) is 10.1 Å². The van der Waals surface area contributed by atoms with E-state index in [0.717, 1.165) is 0 Å². The number of rotatable bonds is 4. The molecule has 0 aliphatic carbocycles. The average Bonchev–Trinajstić information content (AvgIpc) is 2.67. The van der Waals surface area contributed by atoms with Gasteiger partial charge in [0.05, 0.1) is 6.61 Å². The minimum Gasteiger partial charge on any atom is -0.460 e. The number of aromatic nitrogens is 2. The normalized spacial score (nSPS) is 11.5. The lowest BCUT2D eigenvalue weighted by atomic mass is 10.2. The van der Waals surface area contributed by atoms with Crippen molar-refractivity contribution in [2.75, 3.05) is 6.61 Å². The summed E-state index contributed by atoms with van der Waals surface area (Å²) < 4.78 is 34.8. The van der Waals surface area contributed by atoms with Crippen molar-refractivity contribution in [2.24, 2.45) is 0 Å². The molecule has 0 radical (unpaired) electrons. The smallest absolute Gasteiger partial charge is 0.379 e. The van der Waals surface area contributed by atoms with Crippen LogP contribution in [0.2, 0.25) is 0 Å². The van der Waals surface area contributed by atoms with Gasteiger partial charge in [-0.05, 0) is 12.1 Å². The number of carbonyl (C=O) groups is 1. The van der Waals surface area contributed by atoms with Gasteiger partial charge in [0.15, 0.2) is 0 Å². The number of carbonyl (C=O) groups excluding carboxylic acids is 1. The molecule has 84 valence electrons. The molecule has 0 spiro atoms. The Morgan fingerprint density at radius 1 is 1.53 bits per heavy atom. The summed E-state index contributed by atoms with van der Waals surface area (Å²) in [5.74, 6) is -5.44. The predicted octanol–water partition coefficient (Wildman–Crippen LogP) is 1.75. The molecule has 0 atom stereocenters. The van der Waals surface area contributed by atoms with Gasteiger partial charge in [0.1, 0.15) is 0 Å². The van der Waals surface area contributed by atoms with Gasteiger partial charge in [-0.1, -0.05) is 6.92 Å². The number of hydrogen-bond acceptors (Lipinski definition) is 5. The molecule has 1 aromatic heterocycles. The number of ether oxygens (including phenoxy) is 1. The summed E-state index contributed by atoms with van der Waals surface area (Å²) in [6.07, 6.45) is -0.475. The maximum atomic E-state index is 13.0. The van der Waals surface area contributed by atoms with E-state index in [4.69, 9.17) is 0 Å². The molecule has 0 aliphatic heterocycles. The van der Waals surface area contributed by atoms with Crippen molar-refractivity contribution in [3.05, 3.63) is 11.7 Å². The Kier molecular flexibility index (Phi) is 3.33. The van der Waals surface area contributed by atoms with Crippen molar-refractivity contribution in [1.29, 1.82) is 0 Å². The summed E-state index contributed by atoms with van der Waals surface area (Å²) >= 11 is 0. The molecule has 0 amide bonds. The highest BCUT2D eigenvalue weighted by Crippen LogP contribution is 2.29. The van der Waals surface area contributed by atoms with E-state index in [2.05, 4.69) is 19.4 Å². The highest BCUT2D eigenvalue weighted by atomic mass is 19.3. The van der Waals surface area contributed by atoms with Gasteiger partial charge in [-0.25, -0.2) is 4.79 Å². The van der Waals surface area contributed by atoms with Crippen molar-refractivity contribution in [3.63, 3.8) is 0 Å². The van der Waals surface area contributed by atoms with Crippen LogP contribution in [0, 0.1) is 0 Å². The second kappa shape index (κ2) is 4.33. The van der Waals surface area contributed by atoms with E-state index < -0.39 is 30.0 Å². The van der Waals surface area contributed by atoms with Crippen LogP contribution in [0.4, 0.5) is 8.78 Å². The van der Waals surface area contributed by atoms with Gasteiger partial charge >= 0.3 is 11.9 Å². The fourth-order valence-electron chi connectivity index (χ4n) is 0.802. The first kappa shape index (κ1) is 11.5. The Hall–Kier alpha value is -1.53. The molecule has 0 aromatic carbocycles. The molecule has 0 saturated heterocycles. The van der Waals surface area contributed by atoms with Crippen molar-refractivity contribution in [2.45, 2.75) is 26.2 Å². The minimum atomic E-state index is -3.21. The van der Waals surface area contributed by atoms with E-state index in [1.807, 2.05) is 0 Å². The Morgan fingerprint density at radius 3 is 2.73 bits per heavy atom. The van der Waals surface area contributed by atoms with Gasteiger partial charge < -0.3 is 9.26 Å². The number of halogens is 2. The summed E-state index contributed by atoms with van der Waals surface area (Å²) in [4.78, 5) is 14.3. The molecule has 0 fully saturated rings. The topological polar surface area (TPSA) is 65.2 Å². The third-order valence-electron chi connectivity index (χ3n) is 1.64. The quantitative estimate of drug-likeness (QED) is 0.723. The van der Waals surface area contributed by atoms with Crippen LogP contribution in [0.1, 0.15) is 36.8 Å². The molecule has 7 heteroatoms. The average molecular weight is 220 g/mol. The summed E-state index contributed by atoms with van der Waals surface area (Å²) in [6.45, 7) is 2.97. The van der Waals surface area contributed by atoms with Crippen LogP contribution in [-0.4, -0.2) is 22.7 Å². The second-order valence-corrected chi connectivity index (χ2v) is 2.70. The Balaban J connectivity index is 2.85. The first-order valence-corrected chi connectivity index (χ1v) is 4.40. The Labute approximate surface area is 84.4 Å². The Morgan fingerprint density at radius 2 is 2.20 bits per heavy atom. The minimum absolute atomic E-state index is 0.118. The van der Waals surface area contributed by atoms with Crippen molar-refractivity contribution in [3.8, 4) is 0 Å². The van der Waals surface area contributed by atoms with Crippen LogP contribution >= 0.6 is 0 Å². The highest BCUT2D eigenvalue weighted by Gasteiger charge is 2.37. The molecule has 5 nitrogen and oxygen atoms in total. The standard InChI is InChI=1S/C8H10F2N2O3/c1-3-8(9,10)7-11-5(12-15-7)6(13)14-4-2/h3-4H2,1-2H3. The molecule has 0 unspecified atom stereocenters. The third-order valence-corrected chi connectivity index (χ3v) is 1.64. The van der Waals surface area contributed by atoms with Gasteiger partial charge in [-0.2, -0.15) is 13.8 Å². The zero-order valence-electron chi connectivity index (χ0n) is 8.29. The van der Waals surface area contributed by atoms with Crippen molar-refractivity contribution < 1.29 is 22.8 Å². The van der Waals surface area contributed by atoms with Gasteiger partial charge in [-0.3, -0.25) is 0 Å². The van der Waals surface area contributed by atoms with Crippen LogP contribution in [0.25, 0.3) is 0 Å². The summed E-state index contributed by atoms with van der Waals surface area (Å²) in [5.41, 5.74) is 0. The number of alkyl halides is 2. The molecule has 15 heavy (non-hydrogen) atoms. The predicted molar refractivity (Wildman–Crippen MR) is 44.4 cm³/mol. The molecule has 1 rings (SSSR count). The molecule has 1 heterocycles. The summed E-state index contributed by atoms with van der Waals surface area (Å²) in [7, 11) is 0.